The molecule has 4 rings (SSSR count). The number of anilines is 1. The molecule has 0 unspecified atom stereocenters. The average molecular weight is 387 g/mol. The molecule has 29 heavy (non-hydrogen) atoms. The molecular weight excluding hydrogens is 364 g/mol. The van der Waals surface area contributed by atoms with Crippen molar-refractivity contribution in [1.82, 2.24) is 0 Å². The van der Waals surface area contributed by atoms with E-state index in [-0.39, 0.29) is 5.91 Å². The molecule has 2 N–H and O–H groups in total. The molecule has 0 atom stereocenters. The highest BCUT2D eigenvalue weighted by Gasteiger charge is 2.18. The molecule has 0 aliphatic rings. The van der Waals surface area contributed by atoms with Gasteiger partial charge >= 0.3 is 0 Å². The van der Waals surface area contributed by atoms with Crippen LogP contribution in [0.25, 0.3) is 11.1 Å². The second-order valence-corrected chi connectivity index (χ2v) is 6.93. The number of amides is 1. The Morgan fingerprint density at radius 1 is 0.724 bits per heavy atom. The molecule has 0 fully saturated rings. The summed E-state index contributed by atoms with van der Waals surface area (Å²) in [5.74, 6) is 1.63. The second-order valence-electron chi connectivity index (χ2n) is 6.93. The summed E-state index contributed by atoms with van der Waals surface area (Å²) in [5.41, 5.74) is 3.05. The standard InChI is InChI=1S/C24H22N2O3/c27-24(25-21-12-10-20(11-13-21)19-6-2-1-3-7-19)18-26(16-22-8-4-14-28-22)17-23-9-5-15-29-23/h1-15H,16-18H2,(H,25,27)/p+1. The number of carbonyl (C=O) groups excluding carboxylic acids is 1. The summed E-state index contributed by atoms with van der Waals surface area (Å²) in [6.45, 7) is 1.52. The molecule has 2 heterocycles. The van der Waals surface area contributed by atoms with Crippen LogP contribution >= 0.6 is 0 Å². The molecule has 146 valence electrons. The lowest BCUT2D eigenvalue weighted by Gasteiger charge is -2.17. The van der Waals surface area contributed by atoms with Gasteiger partial charge in [-0.1, -0.05) is 42.5 Å². The minimum atomic E-state index is -0.0504. The predicted molar refractivity (Wildman–Crippen MR) is 111 cm³/mol. The molecule has 4 aromatic rings. The lowest BCUT2D eigenvalue weighted by Crippen LogP contribution is -3.10. The van der Waals surface area contributed by atoms with Gasteiger partial charge in [-0.25, -0.2) is 0 Å². The highest BCUT2D eigenvalue weighted by Crippen LogP contribution is 2.20. The van der Waals surface area contributed by atoms with Gasteiger partial charge in [0.1, 0.15) is 13.1 Å². The first-order valence-corrected chi connectivity index (χ1v) is 9.60. The number of nitrogens with one attached hydrogen (secondary N) is 2. The van der Waals surface area contributed by atoms with E-state index < -0.39 is 0 Å². The van der Waals surface area contributed by atoms with Crippen molar-refractivity contribution in [2.24, 2.45) is 0 Å². The van der Waals surface area contributed by atoms with Crippen LogP contribution in [-0.4, -0.2) is 12.5 Å². The van der Waals surface area contributed by atoms with Gasteiger partial charge in [-0.15, -0.1) is 0 Å². The number of hydrogen-bond donors (Lipinski definition) is 2. The van der Waals surface area contributed by atoms with E-state index in [0.717, 1.165) is 33.2 Å². The van der Waals surface area contributed by atoms with Gasteiger partial charge < -0.3 is 19.1 Å². The largest absolute Gasteiger partial charge is 0.463 e. The molecule has 0 spiro atoms. The van der Waals surface area contributed by atoms with Crippen LogP contribution in [0.4, 0.5) is 5.69 Å². The smallest absolute Gasteiger partial charge is 0.279 e. The average Bonchev–Trinajstić information content (AvgIpc) is 3.43. The van der Waals surface area contributed by atoms with Crippen molar-refractivity contribution in [3.05, 3.63) is 103 Å². The topological polar surface area (TPSA) is 59.8 Å². The molecule has 0 aliphatic carbocycles. The van der Waals surface area contributed by atoms with Crippen LogP contribution in [0.3, 0.4) is 0 Å². The number of hydrogen-bond acceptors (Lipinski definition) is 3. The first-order chi connectivity index (χ1) is 14.3. The molecule has 0 aliphatic heterocycles. The van der Waals surface area contributed by atoms with E-state index in [1.807, 2.05) is 66.7 Å². The molecule has 1 amide bonds. The molecule has 5 heteroatoms. The fraction of sp³-hybridized carbons (Fsp3) is 0.125. The normalized spacial score (nSPS) is 10.9. The van der Waals surface area contributed by atoms with Gasteiger partial charge in [-0.05, 0) is 47.5 Å². The summed E-state index contributed by atoms with van der Waals surface area (Å²) in [6.07, 6.45) is 3.29. The minimum Gasteiger partial charge on any atom is -0.463 e. The van der Waals surface area contributed by atoms with E-state index in [2.05, 4.69) is 17.4 Å². The fourth-order valence-electron chi connectivity index (χ4n) is 3.32. The Kier molecular flexibility index (Phi) is 5.88. The predicted octanol–water partition coefficient (Wildman–Crippen LogP) is 3.76. The highest BCUT2D eigenvalue weighted by atomic mass is 16.3. The van der Waals surface area contributed by atoms with Crippen LogP contribution in [0.15, 0.2) is 100 Å². The van der Waals surface area contributed by atoms with E-state index in [1.54, 1.807) is 12.5 Å². The summed E-state index contributed by atoms with van der Waals surface area (Å²) < 4.78 is 10.9. The van der Waals surface area contributed by atoms with E-state index in [1.165, 1.54) is 0 Å². The highest BCUT2D eigenvalue weighted by molar-refractivity contribution is 5.91. The van der Waals surface area contributed by atoms with E-state index in [4.69, 9.17) is 8.83 Å². The molecule has 5 nitrogen and oxygen atoms in total. The summed E-state index contributed by atoms with van der Waals surface area (Å²) in [6, 6.07) is 25.6. The van der Waals surface area contributed by atoms with E-state index in [0.29, 0.717) is 19.6 Å². The lowest BCUT2D eigenvalue weighted by molar-refractivity contribution is -0.921. The van der Waals surface area contributed by atoms with Gasteiger partial charge in [-0.2, -0.15) is 0 Å². The molecule has 0 bridgehead atoms. The first kappa shape index (κ1) is 18.8. The number of furan rings is 2. The molecule has 2 aromatic heterocycles. The van der Waals surface area contributed by atoms with Crippen molar-refractivity contribution in [2.75, 3.05) is 11.9 Å². The Morgan fingerprint density at radius 2 is 1.31 bits per heavy atom. The maximum atomic E-state index is 12.6. The molecule has 0 saturated carbocycles. The Balaban J connectivity index is 1.39. The van der Waals surface area contributed by atoms with Crippen LogP contribution < -0.4 is 10.2 Å². The number of rotatable bonds is 8. The van der Waals surface area contributed by atoms with Gasteiger partial charge in [0.15, 0.2) is 18.1 Å². The van der Waals surface area contributed by atoms with Crippen LogP contribution in [0.1, 0.15) is 11.5 Å². The summed E-state index contributed by atoms with van der Waals surface area (Å²) in [4.78, 5) is 13.7. The van der Waals surface area contributed by atoms with Crippen molar-refractivity contribution in [3.8, 4) is 11.1 Å². The van der Waals surface area contributed by atoms with E-state index in [9.17, 15) is 4.79 Å². The summed E-state index contributed by atoms with van der Waals surface area (Å²) >= 11 is 0. The van der Waals surface area contributed by atoms with Crippen molar-refractivity contribution >= 4 is 11.6 Å². The van der Waals surface area contributed by atoms with Gasteiger partial charge in [0, 0.05) is 5.69 Å². The van der Waals surface area contributed by atoms with Gasteiger partial charge in [0.05, 0.1) is 12.5 Å². The zero-order valence-electron chi connectivity index (χ0n) is 16.0. The van der Waals surface area contributed by atoms with Crippen LogP contribution in [-0.2, 0) is 17.9 Å². The monoisotopic (exact) mass is 387 g/mol. The maximum absolute atomic E-state index is 12.6. The summed E-state index contributed by atoms with van der Waals surface area (Å²) in [5, 5.41) is 2.99. The third kappa shape index (κ3) is 5.24. The fourth-order valence-corrected chi connectivity index (χ4v) is 3.32. The van der Waals surface area contributed by atoms with Crippen molar-refractivity contribution in [2.45, 2.75) is 13.1 Å². The number of carbonyl (C=O) groups is 1. The van der Waals surface area contributed by atoms with Gasteiger partial charge in [0.25, 0.3) is 5.91 Å². The third-order valence-corrected chi connectivity index (χ3v) is 4.70. The van der Waals surface area contributed by atoms with Crippen LogP contribution in [0.2, 0.25) is 0 Å². The zero-order chi connectivity index (χ0) is 19.9. The lowest BCUT2D eigenvalue weighted by atomic mass is 10.1. The maximum Gasteiger partial charge on any atom is 0.279 e. The Bertz CT molecular complexity index is 972. The first-order valence-electron chi connectivity index (χ1n) is 9.60. The Hall–Kier alpha value is -3.57. The molecule has 2 aromatic carbocycles. The van der Waals surface area contributed by atoms with Gasteiger partial charge in [-0.3, -0.25) is 4.79 Å². The summed E-state index contributed by atoms with van der Waals surface area (Å²) in [7, 11) is 0. The third-order valence-electron chi connectivity index (χ3n) is 4.70. The van der Waals surface area contributed by atoms with Crippen molar-refractivity contribution in [1.29, 1.82) is 0 Å². The van der Waals surface area contributed by atoms with Crippen molar-refractivity contribution in [3.63, 3.8) is 0 Å². The Morgan fingerprint density at radius 3 is 1.86 bits per heavy atom. The van der Waals surface area contributed by atoms with Crippen molar-refractivity contribution < 1.29 is 18.5 Å². The second kappa shape index (κ2) is 9.08. The van der Waals surface area contributed by atoms with E-state index >= 15 is 0 Å². The number of quaternary nitrogens is 1. The molecule has 0 saturated heterocycles. The molecular formula is C24H23N2O3+. The minimum absolute atomic E-state index is 0.0504. The Labute approximate surface area is 169 Å². The van der Waals surface area contributed by atoms with Crippen LogP contribution in [0.5, 0.6) is 0 Å². The SMILES string of the molecule is O=C(C[NH+](Cc1ccco1)Cc1ccco1)Nc1ccc(-c2ccccc2)cc1. The van der Waals surface area contributed by atoms with Crippen LogP contribution in [0, 0.1) is 0 Å². The molecule has 0 radical (unpaired) electrons. The quantitative estimate of drug-likeness (QED) is 0.484. The zero-order valence-corrected chi connectivity index (χ0v) is 16.0. The number of benzene rings is 2. The van der Waals surface area contributed by atoms with Gasteiger partial charge in [0.2, 0.25) is 0 Å².